The third-order valence-corrected chi connectivity index (χ3v) is 2.84. The lowest BCUT2D eigenvalue weighted by atomic mass is 10.1. The minimum absolute atomic E-state index is 0.0734. The second-order valence-corrected chi connectivity index (χ2v) is 5.68. The average Bonchev–Trinajstić information content (AvgIpc) is 2.24. The van der Waals surface area contributed by atoms with Crippen LogP contribution in [-0.2, 0) is 9.53 Å². The van der Waals surface area contributed by atoms with Crippen molar-refractivity contribution in [1.29, 1.82) is 0 Å². The van der Waals surface area contributed by atoms with Gasteiger partial charge in [-0.15, -0.1) is 0 Å². The van der Waals surface area contributed by atoms with Crippen molar-refractivity contribution in [1.82, 2.24) is 0 Å². The molecule has 0 aromatic heterocycles. The van der Waals surface area contributed by atoms with Crippen LogP contribution in [0.2, 0.25) is 0 Å². The molecule has 3 heteroatoms. The summed E-state index contributed by atoms with van der Waals surface area (Å²) < 4.78 is 5.06. The summed E-state index contributed by atoms with van der Waals surface area (Å²) in [7, 11) is 0. The largest absolute Gasteiger partial charge is 0.466 e. The molecule has 0 aliphatic rings. The van der Waals surface area contributed by atoms with Gasteiger partial charge >= 0.3 is 5.97 Å². The smallest absolute Gasteiger partial charge is 0.308 e. The van der Waals surface area contributed by atoms with E-state index in [9.17, 15) is 9.90 Å². The maximum absolute atomic E-state index is 11.3. The zero-order valence-electron chi connectivity index (χ0n) is 12.3. The Morgan fingerprint density at radius 2 is 1.50 bits per heavy atom. The second kappa shape index (κ2) is 10.4. The minimum Gasteiger partial charge on any atom is -0.466 e. The van der Waals surface area contributed by atoms with Crippen molar-refractivity contribution in [3.63, 3.8) is 0 Å². The van der Waals surface area contributed by atoms with Crippen LogP contribution in [0.5, 0.6) is 0 Å². The molecule has 0 aromatic rings. The minimum atomic E-state index is -0.962. The zero-order valence-corrected chi connectivity index (χ0v) is 12.3. The Balaban J connectivity index is 3.23. The molecule has 0 bridgehead atoms. The SMILES string of the molecule is CCCCCCCCCCOC(=O)CC(C)(C)O. The van der Waals surface area contributed by atoms with Gasteiger partial charge in [-0.25, -0.2) is 0 Å². The van der Waals surface area contributed by atoms with Gasteiger partial charge < -0.3 is 9.84 Å². The lowest BCUT2D eigenvalue weighted by molar-refractivity contribution is -0.148. The fraction of sp³-hybridized carbons (Fsp3) is 0.933. The molecule has 0 aliphatic carbocycles. The molecule has 3 nitrogen and oxygen atoms in total. The van der Waals surface area contributed by atoms with E-state index in [4.69, 9.17) is 4.74 Å². The molecule has 108 valence electrons. The molecule has 0 saturated carbocycles. The second-order valence-electron chi connectivity index (χ2n) is 5.68. The Hall–Kier alpha value is -0.570. The van der Waals surface area contributed by atoms with Crippen LogP contribution in [0.25, 0.3) is 0 Å². The van der Waals surface area contributed by atoms with Crippen molar-refractivity contribution in [3.05, 3.63) is 0 Å². The predicted molar refractivity (Wildman–Crippen MR) is 74.5 cm³/mol. The van der Waals surface area contributed by atoms with E-state index >= 15 is 0 Å². The number of aliphatic hydroxyl groups is 1. The highest BCUT2D eigenvalue weighted by Crippen LogP contribution is 2.10. The quantitative estimate of drug-likeness (QED) is 0.452. The number of ether oxygens (including phenoxy) is 1. The zero-order chi connectivity index (χ0) is 13.9. The van der Waals surface area contributed by atoms with E-state index in [2.05, 4.69) is 6.92 Å². The topological polar surface area (TPSA) is 46.5 Å². The monoisotopic (exact) mass is 258 g/mol. The highest BCUT2D eigenvalue weighted by atomic mass is 16.5. The van der Waals surface area contributed by atoms with Crippen molar-refractivity contribution in [3.8, 4) is 0 Å². The summed E-state index contributed by atoms with van der Waals surface area (Å²) in [5.74, 6) is -0.301. The molecule has 0 aliphatic heterocycles. The third-order valence-electron chi connectivity index (χ3n) is 2.84. The van der Waals surface area contributed by atoms with Gasteiger partial charge in [0.2, 0.25) is 0 Å². The van der Waals surface area contributed by atoms with Crippen LogP contribution in [0.1, 0.15) is 78.6 Å². The molecule has 0 rings (SSSR count). The molecule has 18 heavy (non-hydrogen) atoms. The molecule has 0 saturated heterocycles. The van der Waals surface area contributed by atoms with Crippen molar-refractivity contribution < 1.29 is 14.6 Å². The highest BCUT2D eigenvalue weighted by Gasteiger charge is 2.18. The van der Waals surface area contributed by atoms with Gasteiger partial charge in [0.1, 0.15) is 0 Å². The van der Waals surface area contributed by atoms with Gasteiger partial charge in [0.05, 0.1) is 18.6 Å². The Kier molecular flexibility index (Phi) is 10.0. The Morgan fingerprint density at radius 3 is 2.00 bits per heavy atom. The van der Waals surface area contributed by atoms with Crippen LogP contribution in [0.4, 0.5) is 0 Å². The van der Waals surface area contributed by atoms with Crippen molar-refractivity contribution in [2.24, 2.45) is 0 Å². The molecule has 0 amide bonds. The first-order chi connectivity index (χ1) is 8.45. The molecule has 0 fully saturated rings. The van der Waals surface area contributed by atoms with Gasteiger partial charge in [0.15, 0.2) is 0 Å². The fourth-order valence-electron chi connectivity index (χ4n) is 1.83. The highest BCUT2D eigenvalue weighted by molar-refractivity contribution is 5.70. The molecule has 1 N–H and O–H groups in total. The summed E-state index contributed by atoms with van der Waals surface area (Å²) in [6.45, 7) is 5.95. The van der Waals surface area contributed by atoms with Crippen LogP contribution in [0.3, 0.4) is 0 Å². The summed E-state index contributed by atoms with van der Waals surface area (Å²) in [5.41, 5.74) is -0.962. The number of carbonyl (C=O) groups excluding carboxylic acids is 1. The van der Waals surface area contributed by atoms with E-state index in [0.29, 0.717) is 6.61 Å². The van der Waals surface area contributed by atoms with E-state index in [1.807, 2.05) is 0 Å². The maximum atomic E-state index is 11.3. The van der Waals surface area contributed by atoms with E-state index in [0.717, 1.165) is 12.8 Å². The number of unbranched alkanes of at least 4 members (excludes halogenated alkanes) is 7. The summed E-state index contributed by atoms with van der Waals surface area (Å²) in [6.07, 6.45) is 9.96. The maximum Gasteiger partial charge on any atom is 0.308 e. The molecular weight excluding hydrogens is 228 g/mol. The van der Waals surface area contributed by atoms with Crippen LogP contribution in [0.15, 0.2) is 0 Å². The number of carbonyl (C=O) groups is 1. The standard InChI is InChI=1S/C15H30O3/c1-4-5-6-7-8-9-10-11-12-18-14(16)13-15(2,3)17/h17H,4-13H2,1-3H3. The molecule has 0 aromatic carbocycles. The van der Waals surface area contributed by atoms with Gasteiger partial charge in [0.25, 0.3) is 0 Å². The van der Waals surface area contributed by atoms with E-state index < -0.39 is 5.60 Å². The van der Waals surface area contributed by atoms with Crippen molar-refractivity contribution in [2.75, 3.05) is 6.61 Å². The predicted octanol–water partition coefficient (Wildman–Crippen LogP) is 3.83. The third kappa shape index (κ3) is 13.5. The molecule has 0 spiro atoms. The average molecular weight is 258 g/mol. The first-order valence-corrected chi connectivity index (χ1v) is 7.33. The number of esters is 1. The fourth-order valence-corrected chi connectivity index (χ4v) is 1.83. The summed E-state index contributed by atoms with van der Waals surface area (Å²) in [6, 6.07) is 0. The van der Waals surface area contributed by atoms with Crippen LogP contribution in [0, 0.1) is 0 Å². The Morgan fingerprint density at radius 1 is 1.00 bits per heavy atom. The van der Waals surface area contributed by atoms with Gasteiger partial charge in [-0.2, -0.15) is 0 Å². The lowest BCUT2D eigenvalue weighted by Crippen LogP contribution is -2.24. The van der Waals surface area contributed by atoms with Gasteiger partial charge in [-0.1, -0.05) is 51.9 Å². The molecule has 0 atom stereocenters. The molecule has 0 heterocycles. The molecule has 0 unspecified atom stereocenters. The summed E-state index contributed by atoms with van der Waals surface area (Å²) in [4.78, 5) is 11.3. The van der Waals surface area contributed by atoms with Crippen LogP contribution in [-0.4, -0.2) is 23.3 Å². The number of hydrogen-bond acceptors (Lipinski definition) is 3. The molecule has 0 radical (unpaired) electrons. The van der Waals surface area contributed by atoms with E-state index in [1.165, 1.54) is 38.5 Å². The van der Waals surface area contributed by atoms with Crippen LogP contribution < -0.4 is 0 Å². The number of hydrogen-bond donors (Lipinski definition) is 1. The van der Waals surface area contributed by atoms with Gasteiger partial charge in [-0.3, -0.25) is 4.79 Å². The van der Waals surface area contributed by atoms with Gasteiger partial charge in [0, 0.05) is 0 Å². The lowest BCUT2D eigenvalue weighted by Gasteiger charge is -2.15. The summed E-state index contributed by atoms with van der Waals surface area (Å²) >= 11 is 0. The van der Waals surface area contributed by atoms with Crippen LogP contribution >= 0.6 is 0 Å². The van der Waals surface area contributed by atoms with Gasteiger partial charge in [-0.05, 0) is 20.3 Å². The first kappa shape index (κ1) is 17.4. The van der Waals surface area contributed by atoms with E-state index in [-0.39, 0.29) is 12.4 Å². The number of rotatable bonds is 11. The summed E-state index contributed by atoms with van der Waals surface area (Å²) in [5, 5.41) is 9.43. The Bertz CT molecular complexity index is 206. The van der Waals surface area contributed by atoms with Crippen molar-refractivity contribution >= 4 is 5.97 Å². The normalized spacial score (nSPS) is 11.6. The van der Waals surface area contributed by atoms with E-state index in [1.54, 1.807) is 13.8 Å². The Labute approximate surface area is 112 Å². The first-order valence-electron chi connectivity index (χ1n) is 7.33. The molecular formula is C15H30O3. The van der Waals surface area contributed by atoms with Crippen molar-refractivity contribution in [2.45, 2.75) is 84.2 Å².